The van der Waals surface area contributed by atoms with Crippen LogP contribution in [0, 0.1) is 0 Å². The number of aromatic nitrogens is 2. The van der Waals surface area contributed by atoms with E-state index in [0.717, 1.165) is 11.3 Å². The number of imidazole rings is 1. The second kappa shape index (κ2) is 5.71. The highest BCUT2D eigenvalue weighted by atomic mass is 16.1. The van der Waals surface area contributed by atoms with Gasteiger partial charge in [0, 0.05) is 25.0 Å². The molecule has 1 aromatic carbocycles. The van der Waals surface area contributed by atoms with Crippen LogP contribution in [0.15, 0.2) is 47.5 Å². The van der Waals surface area contributed by atoms with Gasteiger partial charge in [0.1, 0.15) is 0 Å². The Hall–Kier alpha value is -2.07. The maximum atomic E-state index is 12.2. The molecule has 2 N–H and O–H groups in total. The van der Waals surface area contributed by atoms with E-state index in [9.17, 15) is 4.79 Å². The van der Waals surface area contributed by atoms with Crippen molar-refractivity contribution >= 4 is 6.08 Å². The van der Waals surface area contributed by atoms with Crippen molar-refractivity contribution in [1.29, 1.82) is 0 Å². The molecule has 4 nitrogen and oxygen atoms in total. The second-order valence-electron chi connectivity index (χ2n) is 4.68. The Bertz CT molecular complexity index is 618. The topological polar surface area (TPSA) is 52.9 Å². The van der Waals surface area contributed by atoms with Crippen LogP contribution in [0.4, 0.5) is 0 Å². The molecule has 0 saturated carbocycles. The molecule has 0 aliphatic heterocycles. The van der Waals surface area contributed by atoms with Crippen molar-refractivity contribution in [3.05, 3.63) is 58.8 Å². The minimum absolute atomic E-state index is 0.0137. The Kier molecular flexibility index (Phi) is 4.02. The van der Waals surface area contributed by atoms with Crippen LogP contribution in [0.3, 0.4) is 0 Å². The first-order chi connectivity index (χ1) is 9.13. The number of hydrogen-bond donors (Lipinski definition) is 1. The SMILES string of the molecule is CC(C)n1ccn(-c2ccc(/C=C/CN)cc2)c1=O. The normalized spacial score (nSPS) is 11.6. The summed E-state index contributed by atoms with van der Waals surface area (Å²) in [5, 5.41) is 0. The minimum Gasteiger partial charge on any atom is -0.327 e. The summed E-state index contributed by atoms with van der Waals surface area (Å²) >= 11 is 0. The molecule has 0 aliphatic carbocycles. The van der Waals surface area contributed by atoms with Crippen LogP contribution in [-0.4, -0.2) is 15.7 Å². The lowest BCUT2D eigenvalue weighted by molar-refractivity contribution is 0.574. The van der Waals surface area contributed by atoms with E-state index in [1.54, 1.807) is 15.3 Å². The Morgan fingerprint density at radius 2 is 1.89 bits per heavy atom. The molecule has 4 heteroatoms. The average Bonchev–Trinajstić information content (AvgIpc) is 2.79. The zero-order valence-corrected chi connectivity index (χ0v) is 11.3. The summed E-state index contributed by atoms with van der Waals surface area (Å²) < 4.78 is 3.36. The smallest absolute Gasteiger partial charge is 0.327 e. The fourth-order valence-electron chi connectivity index (χ4n) is 1.93. The molecule has 100 valence electrons. The van der Waals surface area contributed by atoms with E-state index in [1.165, 1.54) is 0 Å². The third-order valence-corrected chi connectivity index (χ3v) is 2.98. The average molecular weight is 257 g/mol. The van der Waals surface area contributed by atoms with E-state index in [4.69, 9.17) is 5.73 Å². The van der Waals surface area contributed by atoms with Gasteiger partial charge in [0.25, 0.3) is 0 Å². The van der Waals surface area contributed by atoms with Crippen LogP contribution in [0.25, 0.3) is 11.8 Å². The molecular weight excluding hydrogens is 238 g/mol. The molecule has 1 aromatic heterocycles. The van der Waals surface area contributed by atoms with Gasteiger partial charge in [-0.2, -0.15) is 0 Å². The molecule has 2 rings (SSSR count). The molecule has 0 spiro atoms. The van der Waals surface area contributed by atoms with Gasteiger partial charge in [-0.3, -0.25) is 9.13 Å². The molecule has 0 radical (unpaired) electrons. The molecule has 2 aromatic rings. The zero-order valence-electron chi connectivity index (χ0n) is 11.3. The van der Waals surface area contributed by atoms with Crippen molar-refractivity contribution in [3.8, 4) is 5.69 Å². The Morgan fingerprint density at radius 3 is 2.42 bits per heavy atom. The van der Waals surface area contributed by atoms with Crippen molar-refractivity contribution in [2.24, 2.45) is 5.73 Å². The van der Waals surface area contributed by atoms with E-state index in [0.29, 0.717) is 6.54 Å². The molecule has 0 atom stereocenters. The monoisotopic (exact) mass is 257 g/mol. The van der Waals surface area contributed by atoms with Crippen LogP contribution < -0.4 is 11.4 Å². The van der Waals surface area contributed by atoms with E-state index in [1.807, 2.05) is 56.5 Å². The molecule has 0 amide bonds. The highest BCUT2D eigenvalue weighted by Crippen LogP contribution is 2.10. The fourth-order valence-corrected chi connectivity index (χ4v) is 1.93. The molecule has 0 saturated heterocycles. The summed E-state index contributed by atoms with van der Waals surface area (Å²) in [6, 6.07) is 7.98. The van der Waals surface area contributed by atoms with E-state index in [2.05, 4.69) is 0 Å². The van der Waals surface area contributed by atoms with Gasteiger partial charge in [-0.25, -0.2) is 4.79 Å². The molecule has 0 bridgehead atoms. The van der Waals surface area contributed by atoms with Crippen LogP contribution in [0.1, 0.15) is 25.5 Å². The summed E-state index contributed by atoms with van der Waals surface area (Å²) in [6.45, 7) is 4.51. The third-order valence-electron chi connectivity index (χ3n) is 2.98. The van der Waals surface area contributed by atoms with Gasteiger partial charge in [0.2, 0.25) is 0 Å². The van der Waals surface area contributed by atoms with Crippen molar-refractivity contribution in [2.45, 2.75) is 19.9 Å². The van der Waals surface area contributed by atoms with Gasteiger partial charge in [0.05, 0.1) is 5.69 Å². The maximum absolute atomic E-state index is 12.2. The molecular formula is C15H19N3O. The first kappa shape index (κ1) is 13.4. The molecule has 1 heterocycles. The lowest BCUT2D eigenvalue weighted by Crippen LogP contribution is -2.24. The predicted molar refractivity (Wildman–Crippen MR) is 78.5 cm³/mol. The number of hydrogen-bond acceptors (Lipinski definition) is 2. The van der Waals surface area contributed by atoms with Crippen LogP contribution in [-0.2, 0) is 0 Å². The summed E-state index contributed by atoms with van der Waals surface area (Å²) in [4.78, 5) is 12.2. The third kappa shape index (κ3) is 2.85. The number of nitrogens with zero attached hydrogens (tertiary/aromatic N) is 2. The van der Waals surface area contributed by atoms with E-state index >= 15 is 0 Å². The number of benzene rings is 1. The second-order valence-corrected chi connectivity index (χ2v) is 4.68. The summed E-state index contributed by atoms with van der Waals surface area (Å²) in [5.74, 6) is 0. The molecule has 19 heavy (non-hydrogen) atoms. The van der Waals surface area contributed by atoms with Gasteiger partial charge in [-0.1, -0.05) is 24.3 Å². The summed E-state index contributed by atoms with van der Waals surface area (Å²) in [5.41, 5.74) is 7.34. The van der Waals surface area contributed by atoms with Crippen molar-refractivity contribution in [1.82, 2.24) is 9.13 Å². The maximum Gasteiger partial charge on any atom is 0.332 e. The zero-order chi connectivity index (χ0) is 13.8. The highest BCUT2D eigenvalue weighted by molar-refractivity contribution is 5.51. The standard InChI is InChI=1S/C15H19N3O/c1-12(2)17-10-11-18(15(17)19)14-7-5-13(6-8-14)4-3-9-16/h3-8,10-12H,9,16H2,1-2H3/b4-3+. The lowest BCUT2D eigenvalue weighted by Gasteiger charge is -2.05. The highest BCUT2D eigenvalue weighted by Gasteiger charge is 2.07. The van der Waals surface area contributed by atoms with Crippen molar-refractivity contribution < 1.29 is 0 Å². The van der Waals surface area contributed by atoms with Crippen molar-refractivity contribution in [2.75, 3.05) is 6.54 Å². The lowest BCUT2D eigenvalue weighted by atomic mass is 10.2. The van der Waals surface area contributed by atoms with Gasteiger partial charge < -0.3 is 5.73 Å². The predicted octanol–water partition coefficient (Wildman–Crippen LogP) is 2.19. The van der Waals surface area contributed by atoms with Gasteiger partial charge in [-0.15, -0.1) is 0 Å². The van der Waals surface area contributed by atoms with E-state index in [-0.39, 0.29) is 11.7 Å². The largest absolute Gasteiger partial charge is 0.332 e. The fraction of sp³-hybridized carbons (Fsp3) is 0.267. The van der Waals surface area contributed by atoms with Crippen molar-refractivity contribution in [3.63, 3.8) is 0 Å². The van der Waals surface area contributed by atoms with Gasteiger partial charge >= 0.3 is 5.69 Å². The van der Waals surface area contributed by atoms with Crippen LogP contribution >= 0.6 is 0 Å². The molecule has 0 fully saturated rings. The molecule has 0 unspecified atom stereocenters. The van der Waals surface area contributed by atoms with Gasteiger partial charge in [-0.05, 0) is 31.5 Å². The number of nitrogens with two attached hydrogens (primary N) is 1. The quantitative estimate of drug-likeness (QED) is 0.912. The summed E-state index contributed by atoms with van der Waals surface area (Å²) in [7, 11) is 0. The Labute approximate surface area is 112 Å². The number of rotatable bonds is 4. The van der Waals surface area contributed by atoms with Gasteiger partial charge in [0.15, 0.2) is 0 Å². The first-order valence-electron chi connectivity index (χ1n) is 6.40. The summed E-state index contributed by atoms with van der Waals surface area (Å²) in [6.07, 6.45) is 7.48. The first-order valence-corrected chi connectivity index (χ1v) is 6.40. The van der Waals surface area contributed by atoms with E-state index < -0.39 is 0 Å². The molecule has 0 aliphatic rings. The van der Waals surface area contributed by atoms with Crippen LogP contribution in [0.5, 0.6) is 0 Å². The minimum atomic E-state index is -0.0137. The van der Waals surface area contributed by atoms with Crippen LogP contribution in [0.2, 0.25) is 0 Å². The Morgan fingerprint density at radius 1 is 1.21 bits per heavy atom. The Balaban J connectivity index is 2.33.